The SMILES string of the molecule is CCOCCNC(=O)c1csc(S(N)(=O)=O)c1. The summed E-state index contributed by atoms with van der Waals surface area (Å²) in [7, 11) is -3.73. The molecule has 1 aromatic heterocycles. The zero-order valence-corrected chi connectivity index (χ0v) is 10.9. The molecule has 8 heteroatoms. The first kappa shape index (κ1) is 14.1. The fraction of sp³-hybridized carbons (Fsp3) is 0.444. The fourth-order valence-corrected chi connectivity index (χ4v) is 2.65. The molecule has 1 rings (SSSR count). The lowest BCUT2D eigenvalue weighted by molar-refractivity contribution is 0.0923. The van der Waals surface area contributed by atoms with E-state index in [4.69, 9.17) is 9.88 Å². The van der Waals surface area contributed by atoms with Crippen molar-refractivity contribution in [2.75, 3.05) is 19.8 Å². The lowest BCUT2D eigenvalue weighted by atomic mass is 10.3. The molecule has 0 radical (unpaired) electrons. The topological polar surface area (TPSA) is 98.5 Å². The normalized spacial score (nSPS) is 11.4. The first-order valence-corrected chi connectivity index (χ1v) is 7.35. The maximum atomic E-state index is 11.6. The highest BCUT2D eigenvalue weighted by atomic mass is 32.2. The molecule has 0 unspecified atom stereocenters. The van der Waals surface area contributed by atoms with Gasteiger partial charge in [0.05, 0.1) is 12.2 Å². The summed E-state index contributed by atoms with van der Waals surface area (Å²) in [5.74, 6) is -0.337. The number of amides is 1. The average molecular weight is 278 g/mol. The molecule has 0 bridgehead atoms. The molecular weight excluding hydrogens is 264 g/mol. The number of carbonyl (C=O) groups excluding carboxylic acids is 1. The Morgan fingerprint density at radius 2 is 2.29 bits per heavy atom. The van der Waals surface area contributed by atoms with Crippen molar-refractivity contribution in [3.05, 3.63) is 17.0 Å². The van der Waals surface area contributed by atoms with Gasteiger partial charge >= 0.3 is 0 Å². The van der Waals surface area contributed by atoms with E-state index < -0.39 is 10.0 Å². The molecule has 96 valence electrons. The molecule has 0 fully saturated rings. The van der Waals surface area contributed by atoms with Gasteiger partial charge in [-0.05, 0) is 13.0 Å². The number of nitrogens with two attached hydrogens (primary N) is 1. The van der Waals surface area contributed by atoms with Gasteiger partial charge in [-0.3, -0.25) is 4.79 Å². The van der Waals surface area contributed by atoms with Crippen LogP contribution in [0.2, 0.25) is 0 Å². The van der Waals surface area contributed by atoms with Gasteiger partial charge in [-0.1, -0.05) is 0 Å². The highest BCUT2D eigenvalue weighted by Gasteiger charge is 2.14. The summed E-state index contributed by atoms with van der Waals surface area (Å²) in [4.78, 5) is 11.6. The van der Waals surface area contributed by atoms with Crippen LogP contribution in [0.1, 0.15) is 17.3 Å². The number of ether oxygens (including phenoxy) is 1. The molecule has 0 saturated heterocycles. The molecule has 0 aliphatic heterocycles. The number of primary sulfonamides is 1. The van der Waals surface area contributed by atoms with E-state index in [1.807, 2.05) is 6.92 Å². The van der Waals surface area contributed by atoms with Crippen LogP contribution in [0.3, 0.4) is 0 Å². The largest absolute Gasteiger partial charge is 0.380 e. The van der Waals surface area contributed by atoms with E-state index >= 15 is 0 Å². The summed E-state index contributed by atoms with van der Waals surface area (Å²) in [5, 5.41) is 9.00. The van der Waals surface area contributed by atoms with E-state index in [0.717, 1.165) is 11.3 Å². The van der Waals surface area contributed by atoms with E-state index in [2.05, 4.69) is 5.32 Å². The van der Waals surface area contributed by atoms with Gasteiger partial charge < -0.3 is 10.1 Å². The Morgan fingerprint density at radius 3 is 2.82 bits per heavy atom. The van der Waals surface area contributed by atoms with E-state index in [0.29, 0.717) is 19.8 Å². The number of hydrogen-bond donors (Lipinski definition) is 2. The highest BCUT2D eigenvalue weighted by molar-refractivity contribution is 7.91. The molecule has 0 aliphatic carbocycles. The van der Waals surface area contributed by atoms with E-state index in [-0.39, 0.29) is 15.7 Å². The van der Waals surface area contributed by atoms with Gasteiger partial charge in [0.25, 0.3) is 5.91 Å². The minimum atomic E-state index is -3.73. The molecule has 0 aliphatic rings. The summed E-state index contributed by atoms with van der Waals surface area (Å²) < 4.78 is 27.0. The molecule has 6 nitrogen and oxygen atoms in total. The summed E-state index contributed by atoms with van der Waals surface area (Å²) in [5.41, 5.74) is 0.288. The maximum absolute atomic E-state index is 11.6. The zero-order valence-electron chi connectivity index (χ0n) is 9.30. The molecule has 0 saturated carbocycles. The second-order valence-electron chi connectivity index (χ2n) is 3.15. The highest BCUT2D eigenvalue weighted by Crippen LogP contribution is 2.18. The molecule has 0 spiro atoms. The number of carbonyl (C=O) groups is 1. The first-order chi connectivity index (χ1) is 7.95. The Balaban J connectivity index is 2.56. The number of sulfonamides is 1. The Morgan fingerprint density at radius 1 is 1.59 bits per heavy atom. The Hall–Kier alpha value is -0.960. The molecule has 17 heavy (non-hydrogen) atoms. The molecule has 0 aromatic carbocycles. The van der Waals surface area contributed by atoms with Gasteiger partial charge in [-0.2, -0.15) is 0 Å². The minimum Gasteiger partial charge on any atom is -0.380 e. The summed E-state index contributed by atoms with van der Waals surface area (Å²) >= 11 is 0.923. The van der Waals surface area contributed by atoms with Crippen LogP contribution in [-0.2, 0) is 14.8 Å². The molecule has 1 amide bonds. The predicted octanol–water partition coefficient (Wildman–Crippen LogP) is 0.162. The minimum absolute atomic E-state index is 0.0209. The van der Waals surface area contributed by atoms with Crippen LogP contribution in [-0.4, -0.2) is 34.1 Å². The van der Waals surface area contributed by atoms with Gasteiger partial charge in [0.15, 0.2) is 0 Å². The van der Waals surface area contributed by atoms with Crippen molar-refractivity contribution in [2.24, 2.45) is 5.14 Å². The van der Waals surface area contributed by atoms with Crippen LogP contribution in [0.25, 0.3) is 0 Å². The van der Waals surface area contributed by atoms with Gasteiger partial charge in [0, 0.05) is 18.5 Å². The van der Waals surface area contributed by atoms with Crippen LogP contribution in [0, 0.1) is 0 Å². The Kier molecular flexibility index (Phi) is 5.06. The molecule has 0 atom stereocenters. The first-order valence-electron chi connectivity index (χ1n) is 4.92. The number of nitrogens with one attached hydrogen (secondary N) is 1. The zero-order chi connectivity index (χ0) is 12.9. The number of hydrogen-bond acceptors (Lipinski definition) is 5. The Labute approximate surface area is 104 Å². The summed E-state index contributed by atoms with van der Waals surface area (Å²) in [6.07, 6.45) is 0. The fourth-order valence-electron chi connectivity index (χ4n) is 1.07. The van der Waals surface area contributed by atoms with E-state index in [1.54, 1.807) is 0 Å². The molecule has 1 heterocycles. The third kappa shape index (κ3) is 4.43. The van der Waals surface area contributed by atoms with Crippen LogP contribution < -0.4 is 10.5 Å². The average Bonchev–Trinajstić information content (AvgIpc) is 2.72. The van der Waals surface area contributed by atoms with E-state index in [1.165, 1.54) is 11.4 Å². The van der Waals surface area contributed by atoms with Crippen molar-refractivity contribution in [2.45, 2.75) is 11.1 Å². The second-order valence-corrected chi connectivity index (χ2v) is 5.85. The van der Waals surface area contributed by atoms with Crippen LogP contribution >= 0.6 is 11.3 Å². The predicted molar refractivity (Wildman–Crippen MR) is 64.5 cm³/mol. The third-order valence-corrected chi connectivity index (χ3v) is 4.24. The molecular formula is C9H14N2O4S2. The van der Waals surface area contributed by atoms with Gasteiger partial charge in [-0.25, -0.2) is 13.6 Å². The number of thiophene rings is 1. The molecule has 3 N–H and O–H groups in total. The molecule has 1 aromatic rings. The standard InChI is InChI=1S/C9H14N2O4S2/c1-2-15-4-3-11-9(12)7-5-8(16-6-7)17(10,13)14/h5-6H,2-4H2,1H3,(H,11,12)(H2,10,13,14). The quantitative estimate of drug-likeness (QED) is 0.724. The van der Waals surface area contributed by atoms with Crippen molar-refractivity contribution in [1.82, 2.24) is 5.32 Å². The van der Waals surface area contributed by atoms with E-state index in [9.17, 15) is 13.2 Å². The van der Waals surface area contributed by atoms with Crippen LogP contribution in [0.15, 0.2) is 15.7 Å². The van der Waals surface area contributed by atoms with Crippen molar-refractivity contribution >= 4 is 27.3 Å². The van der Waals surface area contributed by atoms with Gasteiger partial charge in [0.1, 0.15) is 4.21 Å². The van der Waals surface area contributed by atoms with Crippen molar-refractivity contribution < 1.29 is 17.9 Å². The number of rotatable bonds is 6. The van der Waals surface area contributed by atoms with Crippen molar-refractivity contribution in [1.29, 1.82) is 0 Å². The summed E-state index contributed by atoms with van der Waals surface area (Å²) in [6.45, 7) is 3.25. The summed E-state index contributed by atoms with van der Waals surface area (Å²) in [6, 6.07) is 1.26. The third-order valence-electron chi connectivity index (χ3n) is 1.85. The lowest BCUT2D eigenvalue weighted by Crippen LogP contribution is -2.26. The van der Waals surface area contributed by atoms with Crippen LogP contribution in [0.5, 0.6) is 0 Å². The lowest BCUT2D eigenvalue weighted by Gasteiger charge is -2.03. The smallest absolute Gasteiger partial charge is 0.252 e. The maximum Gasteiger partial charge on any atom is 0.252 e. The van der Waals surface area contributed by atoms with Gasteiger partial charge in [-0.15, -0.1) is 11.3 Å². The van der Waals surface area contributed by atoms with Crippen LogP contribution in [0.4, 0.5) is 0 Å². The van der Waals surface area contributed by atoms with Crippen molar-refractivity contribution in [3.8, 4) is 0 Å². The van der Waals surface area contributed by atoms with Gasteiger partial charge in [0.2, 0.25) is 10.0 Å². The monoisotopic (exact) mass is 278 g/mol. The second kappa shape index (κ2) is 6.10. The Bertz CT molecular complexity index is 481. The van der Waals surface area contributed by atoms with Crippen molar-refractivity contribution in [3.63, 3.8) is 0 Å².